The largest absolute Gasteiger partial charge is 0.449 e. The third-order valence-corrected chi connectivity index (χ3v) is 5.30. The smallest absolute Gasteiger partial charge is 0.338 e. The van der Waals surface area contributed by atoms with E-state index in [0.717, 1.165) is 44.0 Å². The Bertz CT molecular complexity index is 817. The van der Waals surface area contributed by atoms with E-state index in [0.29, 0.717) is 12.1 Å². The Morgan fingerprint density at radius 1 is 1.03 bits per heavy atom. The summed E-state index contributed by atoms with van der Waals surface area (Å²) in [5.41, 5.74) is 2.73. The Labute approximate surface area is 178 Å². The molecule has 1 amide bonds. The van der Waals surface area contributed by atoms with E-state index in [1.54, 1.807) is 19.1 Å². The molecule has 1 aliphatic heterocycles. The van der Waals surface area contributed by atoms with E-state index in [1.807, 2.05) is 49.4 Å². The van der Waals surface area contributed by atoms with Crippen molar-refractivity contribution in [1.82, 2.24) is 10.2 Å². The van der Waals surface area contributed by atoms with E-state index in [9.17, 15) is 9.59 Å². The van der Waals surface area contributed by atoms with Crippen molar-refractivity contribution in [3.05, 3.63) is 71.3 Å². The number of ether oxygens (including phenoxy) is 2. The Balaban J connectivity index is 1.45. The number of nitrogens with zero attached hydrogens (tertiary/aromatic N) is 1. The number of carbonyl (C=O) groups excluding carboxylic acids is 2. The van der Waals surface area contributed by atoms with Crippen LogP contribution in [0.25, 0.3) is 0 Å². The van der Waals surface area contributed by atoms with E-state index in [1.165, 1.54) is 0 Å². The molecule has 1 saturated heterocycles. The van der Waals surface area contributed by atoms with E-state index < -0.39 is 12.1 Å². The summed E-state index contributed by atoms with van der Waals surface area (Å²) in [6, 6.07) is 17.3. The average Bonchev–Trinajstić information content (AvgIpc) is 2.79. The van der Waals surface area contributed by atoms with Crippen molar-refractivity contribution in [3.8, 4) is 0 Å². The first kappa shape index (κ1) is 22.0. The number of rotatable bonds is 8. The maximum Gasteiger partial charge on any atom is 0.338 e. The number of nitrogens with one attached hydrogen (secondary N) is 1. The molecule has 6 nitrogen and oxygen atoms in total. The molecule has 1 heterocycles. The lowest BCUT2D eigenvalue weighted by Crippen LogP contribution is -2.37. The molecule has 6 heteroatoms. The fourth-order valence-electron chi connectivity index (χ4n) is 3.34. The molecule has 2 aromatic rings. The second-order valence-electron chi connectivity index (χ2n) is 7.69. The van der Waals surface area contributed by atoms with Crippen molar-refractivity contribution < 1.29 is 19.1 Å². The zero-order valence-electron chi connectivity index (χ0n) is 17.7. The van der Waals surface area contributed by atoms with Gasteiger partial charge in [-0.3, -0.25) is 9.69 Å². The molecule has 0 bridgehead atoms. The first-order valence-electron chi connectivity index (χ1n) is 10.5. The maximum atomic E-state index is 12.4. The monoisotopic (exact) mass is 410 g/mol. The molecule has 1 fully saturated rings. The highest BCUT2D eigenvalue weighted by atomic mass is 16.5. The van der Waals surface area contributed by atoms with Gasteiger partial charge >= 0.3 is 5.97 Å². The normalized spacial score (nSPS) is 16.5. The highest BCUT2D eigenvalue weighted by Crippen LogP contribution is 2.14. The van der Waals surface area contributed by atoms with Gasteiger partial charge in [0.2, 0.25) is 0 Å². The SMILES string of the molecule is C[C@H](CNC(=O)[C@@H](C)OC(=O)c1ccc(CN2CCOCC2)cc1)c1ccccc1. The Morgan fingerprint density at radius 3 is 2.37 bits per heavy atom. The van der Waals surface area contributed by atoms with Crippen molar-refractivity contribution in [2.75, 3.05) is 32.8 Å². The minimum Gasteiger partial charge on any atom is -0.449 e. The summed E-state index contributed by atoms with van der Waals surface area (Å²) in [6.07, 6.45) is -0.853. The number of esters is 1. The zero-order chi connectivity index (χ0) is 21.3. The lowest BCUT2D eigenvalue weighted by Gasteiger charge is -2.26. The molecular formula is C24H30N2O4. The summed E-state index contributed by atoms with van der Waals surface area (Å²) in [5, 5.41) is 2.86. The van der Waals surface area contributed by atoms with Crippen LogP contribution in [-0.4, -0.2) is 55.7 Å². The van der Waals surface area contributed by atoms with Crippen LogP contribution >= 0.6 is 0 Å². The van der Waals surface area contributed by atoms with Gasteiger partial charge < -0.3 is 14.8 Å². The van der Waals surface area contributed by atoms with Gasteiger partial charge in [0, 0.05) is 26.2 Å². The number of hydrogen-bond acceptors (Lipinski definition) is 5. The third-order valence-electron chi connectivity index (χ3n) is 5.30. The van der Waals surface area contributed by atoms with Gasteiger partial charge in [0.1, 0.15) is 0 Å². The second kappa shape index (κ2) is 10.9. The van der Waals surface area contributed by atoms with Crippen LogP contribution in [0.15, 0.2) is 54.6 Å². The Hall–Kier alpha value is -2.70. The molecule has 0 saturated carbocycles. The molecule has 0 aromatic heterocycles. The molecule has 30 heavy (non-hydrogen) atoms. The van der Waals surface area contributed by atoms with Gasteiger partial charge in [0.05, 0.1) is 18.8 Å². The molecule has 0 aliphatic carbocycles. The lowest BCUT2D eigenvalue weighted by atomic mass is 10.0. The van der Waals surface area contributed by atoms with Crippen molar-refractivity contribution in [2.45, 2.75) is 32.4 Å². The van der Waals surface area contributed by atoms with Gasteiger partial charge in [-0.2, -0.15) is 0 Å². The number of morpholine rings is 1. The molecule has 3 rings (SSSR count). The standard InChI is InChI=1S/C24H30N2O4/c1-18(21-6-4-3-5-7-21)16-25-23(27)19(2)30-24(28)22-10-8-20(9-11-22)17-26-12-14-29-15-13-26/h3-11,18-19H,12-17H2,1-2H3,(H,25,27)/t18-,19-/m1/s1. The molecule has 160 valence electrons. The molecule has 1 aliphatic rings. The van der Waals surface area contributed by atoms with Crippen molar-refractivity contribution in [2.24, 2.45) is 0 Å². The van der Waals surface area contributed by atoms with Crippen LogP contribution in [0.1, 0.15) is 41.3 Å². The van der Waals surface area contributed by atoms with Crippen LogP contribution < -0.4 is 5.32 Å². The number of carbonyl (C=O) groups is 2. The molecule has 2 atom stereocenters. The molecule has 1 N–H and O–H groups in total. The predicted molar refractivity (Wildman–Crippen MR) is 115 cm³/mol. The summed E-state index contributed by atoms with van der Waals surface area (Å²) in [4.78, 5) is 27.0. The highest BCUT2D eigenvalue weighted by Gasteiger charge is 2.20. The van der Waals surface area contributed by atoms with E-state index in [4.69, 9.17) is 9.47 Å². The van der Waals surface area contributed by atoms with Crippen molar-refractivity contribution in [3.63, 3.8) is 0 Å². The van der Waals surface area contributed by atoms with Crippen LogP contribution in [-0.2, 0) is 20.8 Å². The summed E-state index contributed by atoms with van der Waals surface area (Å²) in [6.45, 7) is 8.30. The predicted octanol–water partition coefficient (Wildman–Crippen LogP) is 2.98. The quantitative estimate of drug-likeness (QED) is 0.678. The lowest BCUT2D eigenvalue weighted by molar-refractivity contribution is -0.129. The molecular weight excluding hydrogens is 380 g/mol. The maximum absolute atomic E-state index is 12.4. The minimum absolute atomic E-state index is 0.178. The van der Waals surface area contributed by atoms with Crippen molar-refractivity contribution >= 4 is 11.9 Å². The van der Waals surface area contributed by atoms with Crippen LogP contribution in [0, 0.1) is 0 Å². The van der Waals surface area contributed by atoms with Crippen LogP contribution in [0.5, 0.6) is 0 Å². The zero-order valence-corrected chi connectivity index (χ0v) is 17.7. The van der Waals surface area contributed by atoms with E-state index in [-0.39, 0.29) is 11.8 Å². The van der Waals surface area contributed by atoms with Crippen LogP contribution in [0.3, 0.4) is 0 Å². The molecule has 0 radical (unpaired) electrons. The summed E-state index contributed by atoms with van der Waals surface area (Å²) in [7, 11) is 0. The van der Waals surface area contributed by atoms with Crippen LogP contribution in [0.2, 0.25) is 0 Å². The highest BCUT2D eigenvalue weighted by molar-refractivity contribution is 5.92. The van der Waals surface area contributed by atoms with Gasteiger partial charge in [-0.1, -0.05) is 49.4 Å². The van der Waals surface area contributed by atoms with Gasteiger partial charge in [0.15, 0.2) is 6.10 Å². The van der Waals surface area contributed by atoms with Gasteiger partial charge in [-0.15, -0.1) is 0 Å². The van der Waals surface area contributed by atoms with E-state index in [2.05, 4.69) is 10.2 Å². The van der Waals surface area contributed by atoms with Crippen molar-refractivity contribution in [1.29, 1.82) is 0 Å². The summed E-state index contributed by atoms with van der Waals surface area (Å²) >= 11 is 0. The fraction of sp³-hybridized carbons (Fsp3) is 0.417. The first-order valence-corrected chi connectivity index (χ1v) is 10.5. The second-order valence-corrected chi connectivity index (χ2v) is 7.69. The topological polar surface area (TPSA) is 67.9 Å². The number of benzene rings is 2. The summed E-state index contributed by atoms with van der Waals surface area (Å²) < 4.78 is 10.7. The minimum atomic E-state index is -0.853. The van der Waals surface area contributed by atoms with E-state index >= 15 is 0 Å². The van der Waals surface area contributed by atoms with Crippen LogP contribution in [0.4, 0.5) is 0 Å². The first-order chi connectivity index (χ1) is 14.5. The fourth-order valence-corrected chi connectivity index (χ4v) is 3.34. The van der Waals surface area contributed by atoms with Gasteiger partial charge in [0.25, 0.3) is 5.91 Å². The average molecular weight is 411 g/mol. The number of hydrogen-bond donors (Lipinski definition) is 1. The Morgan fingerprint density at radius 2 is 1.70 bits per heavy atom. The molecule has 2 aromatic carbocycles. The third kappa shape index (κ3) is 6.40. The molecule has 0 unspecified atom stereocenters. The van der Waals surface area contributed by atoms with Gasteiger partial charge in [-0.05, 0) is 36.1 Å². The summed E-state index contributed by atoms with van der Waals surface area (Å²) in [5.74, 6) is -0.612. The Kier molecular flexibility index (Phi) is 7.99. The van der Waals surface area contributed by atoms with Gasteiger partial charge in [-0.25, -0.2) is 4.79 Å². The number of amides is 1. The molecule has 0 spiro atoms.